The highest BCUT2D eigenvalue weighted by atomic mass is 19.4. The van der Waals surface area contributed by atoms with Gasteiger partial charge in [0.2, 0.25) is 0 Å². The molecule has 0 aliphatic carbocycles. The van der Waals surface area contributed by atoms with Crippen molar-refractivity contribution < 1.29 is 26.3 Å². The average Bonchev–Trinajstić information content (AvgIpc) is 2.35. The maximum atomic E-state index is 14.3. The number of anilines is 1. The lowest BCUT2D eigenvalue weighted by molar-refractivity contribution is -0.304. The first-order valence-corrected chi connectivity index (χ1v) is 5.97. The van der Waals surface area contributed by atoms with Gasteiger partial charge in [-0.1, -0.05) is 6.92 Å². The number of hydrogen-bond acceptors (Lipinski definition) is 2. The van der Waals surface area contributed by atoms with Crippen LogP contribution in [0.3, 0.4) is 0 Å². The van der Waals surface area contributed by atoms with Crippen LogP contribution in [0.1, 0.15) is 30.5 Å². The Labute approximate surface area is 117 Å². The van der Waals surface area contributed by atoms with Gasteiger partial charge in [0.15, 0.2) is 0 Å². The largest absolute Gasteiger partial charge is 0.432 e. The molecule has 1 atom stereocenters. The Morgan fingerprint density at radius 3 is 2.00 bits per heavy atom. The molecule has 2 nitrogen and oxygen atoms in total. The van der Waals surface area contributed by atoms with Gasteiger partial charge >= 0.3 is 6.18 Å². The lowest BCUT2D eigenvalue weighted by Gasteiger charge is -2.34. The van der Waals surface area contributed by atoms with E-state index < -0.39 is 23.3 Å². The highest BCUT2D eigenvalue weighted by Crippen LogP contribution is 2.52. The first kappa shape index (κ1) is 17.3. The number of alkyl halides is 6. The molecule has 118 valence electrons. The van der Waals surface area contributed by atoms with Gasteiger partial charge in [-0.3, -0.25) is 0 Å². The second kappa shape index (κ2) is 5.23. The number of benzene rings is 1. The standard InChI is InChI=1S/C13H14F6N2/c1-3-7-4-9(5-8(6-20)10(7)21)12(16,11(2,14)15)13(17,18)19/h4-6,20H,3,21H2,1-2H3. The molecule has 0 aliphatic heterocycles. The van der Waals surface area contributed by atoms with E-state index in [9.17, 15) is 26.3 Å². The second-order valence-electron chi connectivity index (χ2n) is 4.68. The highest BCUT2D eigenvalue weighted by Gasteiger charge is 2.70. The van der Waals surface area contributed by atoms with E-state index in [1.54, 1.807) is 0 Å². The number of nitrogens with one attached hydrogen (secondary N) is 1. The van der Waals surface area contributed by atoms with Crippen LogP contribution in [-0.2, 0) is 12.1 Å². The van der Waals surface area contributed by atoms with Crippen molar-refractivity contribution in [3.05, 3.63) is 28.8 Å². The van der Waals surface area contributed by atoms with Crippen molar-refractivity contribution in [1.29, 1.82) is 5.41 Å². The molecule has 0 fully saturated rings. The van der Waals surface area contributed by atoms with Gasteiger partial charge in [-0.25, -0.2) is 13.2 Å². The fraction of sp³-hybridized carbons (Fsp3) is 0.462. The molecule has 0 aliphatic rings. The Bertz CT molecular complexity index is 531. The van der Waals surface area contributed by atoms with E-state index in [4.69, 9.17) is 11.1 Å². The Morgan fingerprint density at radius 2 is 1.67 bits per heavy atom. The number of hydrogen-bond donors (Lipinski definition) is 2. The Kier molecular flexibility index (Phi) is 4.32. The number of halogens is 6. The van der Waals surface area contributed by atoms with Crippen LogP contribution in [0.15, 0.2) is 12.1 Å². The van der Waals surface area contributed by atoms with Gasteiger partial charge < -0.3 is 11.1 Å². The van der Waals surface area contributed by atoms with Crippen molar-refractivity contribution in [2.24, 2.45) is 0 Å². The quantitative estimate of drug-likeness (QED) is 0.488. The summed E-state index contributed by atoms with van der Waals surface area (Å²) in [5, 5.41) is 7.07. The Hall–Kier alpha value is -1.73. The van der Waals surface area contributed by atoms with Gasteiger partial charge in [-0.05, 0) is 24.1 Å². The lowest BCUT2D eigenvalue weighted by atomic mass is 9.86. The summed E-state index contributed by atoms with van der Waals surface area (Å²) in [7, 11) is 0. The molecule has 0 spiro atoms. The summed E-state index contributed by atoms with van der Waals surface area (Å²) >= 11 is 0. The summed E-state index contributed by atoms with van der Waals surface area (Å²) in [6.45, 7) is 1.40. The van der Waals surface area contributed by atoms with Crippen LogP contribution in [0.4, 0.5) is 32.0 Å². The van der Waals surface area contributed by atoms with Gasteiger partial charge in [0.05, 0.1) is 0 Å². The first-order valence-electron chi connectivity index (χ1n) is 5.97. The second-order valence-corrected chi connectivity index (χ2v) is 4.68. The van der Waals surface area contributed by atoms with Gasteiger partial charge in [0, 0.05) is 30.0 Å². The maximum absolute atomic E-state index is 14.3. The molecule has 0 radical (unpaired) electrons. The van der Waals surface area contributed by atoms with Crippen molar-refractivity contribution in [2.75, 3.05) is 5.73 Å². The average molecular weight is 312 g/mol. The number of rotatable bonds is 4. The molecule has 0 saturated carbocycles. The van der Waals surface area contributed by atoms with Crippen LogP contribution in [0.25, 0.3) is 0 Å². The van der Waals surface area contributed by atoms with Crippen molar-refractivity contribution >= 4 is 11.9 Å². The van der Waals surface area contributed by atoms with E-state index in [1.165, 1.54) is 6.92 Å². The highest BCUT2D eigenvalue weighted by molar-refractivity contribution is 5.86. The molecule has 0 heterocycles. The van der Waals surface area contributed by atoms with Crippen LogP contribution < -0.4 is 5.73 Å². The Morgan fingerprint density at radius 1 is 1.14 bits per heavy atom. The molecule has 3 N–H and O–H groups in total. The predicted molar refractivity (Wildman–Crippen MR) is 67.6 cm³/mol. The summed E-state index contributed by atoms with van der Waals surface area (Å²) in [4.78, 5) is 0. The van der Waals surface area contributed by atoms with Gasteiger partial charge in [-0.15, -0.1) is 0 Å². The van der Waals surface area contributed by atoms with Crippen molar-refractivity contribution in [1.82, 2.24) is 0 Å². The molecule has 1 aromatic rings. The SMILES string of the molecule is CCc1cc(C(F)(C(C)(F)F)C(F)(F)F)cc(C=N)c1N. The normalized spacial score (nSPS) is 15.6. The van der Waals surface area contributed by atoms with E-state index in [0.29, 0.717) is 18.3 Å². The third-order valence-corrected chi connectivity index (χ3v) is 3.23. The summed E-state index contributed by atoms with van der Waals surface area (Å²) in [5.74, 6) is -4.69. The lowest BCUT2D eigenvalue weighted by Crippen LogP contribution is -2.51. The molecule has 21 heavy (non-hydrogen) atoms. The molecule has 0 aromatic heterocycles. The van der Waals surface area contributed by atoms with E-state index in [0.717, 1.165) is 0 Å². The minimum absolute atomic E-state index is 0.0276. The smallest absolute Gasteiger partial charge is 0.398 e. The van der Waals surface area contributed by atoms with Crippen LogP contribution in [-0.4, -0.2) is 18.3 Å². The van der Waals surface area contributed by atoms with Crippen molar-refractivity contribution in [3.63, 3.8) is 0 Å². The molecule has 0 saturated heterocycles. The molecule has 1 aromatic carbocycles. The van der Waals surface area contributed by atoms with Crippen molar-refractivity contribution in [2.45, 2.75) is 38.0 Å². The predicted octanol–water partition coefficient (Wildman–Crippen LogP) is 4.21. The molecule has 8 heteroatoms. The topological polar surface area (TPSA) is 49.9 Å². The van der Waals surface area contributed by atoms with Crippen LogP contribution in [0.5, 0.6) is 0 Å². The summed E-state index contributed by atoms with van der Waals surface area (Å²) in [5.41, 5.74) is -0.710. The molecule has 1 unspecified atom stereocenters. The van der Waals surface area contributed by atoms with Crippen LogP contribution in [0.2, 0.25) is 0 Å². The Balaban J connectivity index is 3.73. The third-order valence-electron chi connectivity index (χ3n) is 3.23. The van der Waals surface area contributed by atoms with Gasteiger partial charge in [-0.2, -0.15) is 13.2 Å². The van der Waals surface area contributed by atoms with Crippen molar-refractivity contribution in [3.8, 4) is 0 Å². The zero-order chi connectivity index (χ0) is 16.6. The van der Waals surface area contributed by atoms with E-state index in [1.807, 2.05) is 0 Å². The van der Waals surface area contributed by atoms with Crippen LogP contribution in [0, 0.1) is 5.41 Å². The first-order chi connectivity index (χ1) is 9.40. The number of nitrogen functional groups attached to an aromatic ring is 1. The molecular formula is C13H14F6N2. The molecule has 0 amide bonds. The summed E-state index contributed by atoms with van der Waals surface area (Å²) < 4.78 is 79.7. The third kappa shape index (κ3) is 2.71. The zero-order valence-corrected chi connectivity index (χ0v) is 11.3. The summed E-state index contributed by atoms with van der Waals surface area (Å²) in [6.07, 6.45) is -5.10. The van der Waals surface area contributed by atoms with Crippen LogP contribution >= 0.6 is 0 Å². The number of nitrogens with two attached hydrogens (primary N) is 1. The molecule has 1 rings (SSSR count). The summed E-state index contributed by atoms with van der Waals surface area (Å²) in [6, 6.07) is 1.21. The monoisotopic (exact) mass is 312 g/mol. The maximum Gasteiger partial charge on any atom is 0.432 e. The molecule has 0 bridgehead atoms. The molecular weight excluding hydrogens is 298 g/mol. The fourth-order valence-corrected chi connectivity index (χ4v) is 2.01. The zero-order valence-electron chi connectivity index (χ0n) is 11.3. The van der Waals surface area contributed by atoms with E-state index >= 15 is 0 Å². The van der Waals surface area contributed by atoms with Gasteiger partial charge in [0.25, 0.3) is 11.6 Å². The minimum atomic E-state index is -5.81. The van der Waals surface area contributed by atoms with E-state index in [-0.39, 0.29) is 30.2 Å². The minimum Gasteiger partial charge on any atom is -0.398 e. The van der Waals surface area contributed by atoms with E-state index in [2.05, 4.69) is 0 Å². The fourth-order valence-electron chi connectivity index (χ4n) is 2.01. The van der Waals surface area contributed by atoms with Gasteiger partial charge in [0.1, 0.15) is 0 Å². The number of aryl methyl sites for hydroxylation is 1.